The number of hydrogen-bond acceptors (Lipinski definition) is 3. The van der Waals surface area contributed by atoms with E-state index in [0.717, 1.165) is 6.07 Å². The quantitative estimate of drug-likeness (QED) is 0.796. The van der Waals surface area contributed by atoms with Gasteiger partial charge in [-0.2, -0.15) is 13.2 Å². The molecule has 0 aliphatic carbocycles. The molecule has 1 aromatic rings. The lowest BCUT2D eigenvalue weighted by Crippen LogP contribution is -2.36. The summed E-state index contributed by atoms with van der Waals surface area (Å²) in [6, 6.07) is 2.14. The highest BCUT2D eigenvalue weighted by atomic mass is 19.4. The van der Waals surface area contributed by atoms with Crippen LogP contribution in [0.25, 0.3) is 0 Å². The van der Waals surface area contributed by atoms with Gasteiger partial charge in [0.25, 0.3) is 0 Å². The number of rotatable bonds is 4. The number of carboxylic acids is 1. The molecule has 0 saturated carbocycles. The molecule has 0 atom stereocenters. The van der Waals surface area contributed by atoms with Gasteiger partial charge >= 0.3 is 12.1 Å². The van der Waals surface area contributed by atoms with Crippen molar-refractivity contribution in [3.8, 4) is 0 Å². The van der Waals surface area contributed by atoms with E-state index in [2.05, 4.69) is 5.32 Å². The second kappa shape index (κ2) is 5.72. The van der Waals surface area contributed by atoms with Crippen LogP contribution < -0.4 is 11.1 Å². The van der Waals surface area contributed by atoms with Gasteiger partial charge in [0.1, 0.15) is 0 Å². The first-order chi connectivity index (χ1) is 9.38. The topological polar surface area (TPSA) is 92.4 Å². The van der Waals surface area contributed by atoms with Gasteiger partial charge in [-0.1, -0.05) is 0 Å². The van der Waals surface area contributed by atoms with Crippen LogP contribution in [0.3, 0.4) is 0 Å². The van der Waals surface area contributed by atoms with E-state index < -0.39 is 34.7 Å². The number of carbonyl (C=O) groups is 2. The fourth-order valence-corrected chi connectivity index (χ4v) is 1.61. The SMILES string of the molecule is CC(C)(N)CC(=O)Nc1cc(C(=O)O)cc(C(F)(F)F)c1. The number of benzene rings is 1. The minimum Gasteiger partial charge on any atom is -0.478 e. The Morgan fingerprint density at radius 3 is 2.24 bits per heavy atom. The van der Waals surface area contributed by atoms with E-state index in [1.807, 2.05) is 0 Å². The highest BCUT2D eigenvalue weighted by Gasteiger charge is 2.32. The molecule has 1 aromatic carbocycles. The van der Waals surface area contributed by atoms with Gasteiger partial charge in [-0.05, 0) is 32.0 Å². The number of aromatic carboxylic acids is 1. The Labute approximate surface area is 118 Å². The van der Waals surface area contributed by atoms with Crippen LogP contribution in [0.2, 0.25) is 0 Å². The Kier molecular flexibility index (Phi) is 4.62. The summed E-state index contributed by atoms with van der Waals surface area (Å²) in [5, 5.41) is 11.0. The summed E-state index contributed by atoms with van der Waals surface area (Å²) in [7, 11) is 0. The Balaban J connectivity index is 3.10. The maximum Gasteiger partial charge on any atom is 0.416 e. The van der Waals surface area contributed by atoms with Crippen LogP contribution in [-0.4, -0.2) is 22.5 Å². The van der Waals surface area contributed by atoms with E-state index in [-0.39, 0.29) is 12.1 Å². The Morgan fingerprint density at radius 1 is 1.24 bits per heavy atom. The number of nitrogens with one attached hydrogen (secondary N) is 1. The van der Waals surface area contributed by atoms with Crippen LogP contribution in [0.4, 0.5) is 18.9 Å². The minimum absolute atomic E-state index is 0.119. The summed E-state index contributed by atoms with van der Waals surface area (Å²) in [6.45, 7) is 3.17. The zero-order valence-electron chi connectivity index (χ0n) is 11.4. The lowest BCUT2D eigenvalue weighted by atomic mass is 10.0. The van der Waals surface area contributed by atoms with Gasteiger partial charge in [0.15, 0.2) is 0 Å². The Hall–Kier alpha value is -2.09. The average molecular weight is 304 g/mol. The second-order valence-corrected chi connectivity index (χ2v) is 5.32. The van der Waals surface area contributed by atoms with Crippen LogP contribution in [0, 0.1) is 0 Å². The molecule has 1 rings (SSSR count). The van der Waals surface area contributed by atoms with Gasteiger partial charge in [0.05, 0.1) is 11.1 Å². The molecule has 0 fully saturated rings. The lowest BCUT2D eigenvalue weighted by molar-refractivity contribution is -0.137. The lowest BCUT2D eigenvalue weighted by Gasteiger charge is -2.18. The molecule has 0 spiro atoms. The van der Waals surface area contributed by atoms with E-state index in [1.54, 1.807) is 13.8 Å². The maximum atomic E-state index is 12.7. The molecule has 21 heavy (non-hydrogen) atoms. The molecule has 0 aliphatic heterocycles. The van der Waals surface area contributed by atoms with Gasteiger partial charge < -0.3 is 16.2 Å². The zero-order chi connectivity index (χ0) is 16.4. The molecule has 0 heterocycles. The largest absolute Gasteiger partial charge is 0.478 e. The predicted molar refractivity (Wildman–Crippen MR) is 69.9 cm³/mol. The Bertz CT molecular complexity index is 563. The van der Waals surface area contributed by atoms with Crippen molar-refractivity contribution in [2.24, 2.45) is 5.73 Å². The summed E-state index contributed by atoms with van der Waals surface area (Å²) < 4.78 is 38.1. The number of carbonyl (C=O) groups excluding carboxylic acids is 1. The van der Waals surface area contributed by atoms with Crippen molar-refractivity contribution in [2.45, 2.75) is 32.0 Å². The molecule has 0 bridgehead atoms. The number of alkyl halides is 3. The van der Waals surface area contributed by atoms with Gasteiger partial charge in [-0.25, -0.2) is 4.79 Å². The van der Waals surface area contributed by atoms with E-state index in [0.29, 0.717) is 12.1 Å². The average Bonchev–Trinajstić information content (AvgIpc) is 2.24. The number of carboxylic acid groups (broad SMARTS) is 1. The fraction of sp³-hybridized carbons (Fsp3) is 0.385. The molecule has 8 heteroatoms. The summed E-state index contributed by atoms with van der Waals surface area (Å²) in [4.78, 5) is 22.5. The summed E-state index contributed by atoms with van der Waals surface area (Å²) in [5.74, 6) is -2.12. The van der Waals surface area contributed by atoms with Gasteiger partial charge in [-0.3, -0.25) is 4.79 Å². The van der Waals surface area contributed by atoms with E-state index in [9.17, 15) is 22.8 Å². The first kappa shape index (κ1) is 17.0. The van der Waals surface area contributed by atoms with Crippen molar-refractivity contribution < 1.29 is 27.9 Å². The van der Waals surface area contributed by atoms with Crippen LogP contribution in [0.15, 0.2) is 18.2 Å². The van der Waals surface area contributed by atoms with Crippen molar-refractivity contribution in [2.75, 3.05) is 5.32 Å². The van der Waals surface area contributed by atoms with Crippen LogP contribution in [0.1, 0.15) is 36.2 Å². The molecular weight excluding hydrogens is 289 g/mol. The molecule has 0 saturated heterocycles. The first-order valence-electron chi connectivity index (χ1n) is 5.93. The van der Waals surface area contributed by atoms with E-state index in [1.165, 1.54) is 0 Å². The predicted octanol–water partition coefficient (Wildman–Crippen LogP) is 2.47. The highest BCUT2D eigenvalue weighted by molar-refractivity contribution is 5.94. The third-order valence-corrected chi connectivity index (χ3v) is 2.41. The standard InChI is InChI=1S/C13H15F3N2O3/c1-12(2,17)6-10(19)18-9-4-7(11(20)21)3-8(5-9)13(14,15)16/h3-5H,6,17H2,1-2H3,(H,18,19)(H,20,21). The van der Waals surface area contributed by atoms with E-state index >= 15 is 0 Å². The third kappa shape index (κ3) is 5.42. The van der Waals surface area contributed by atoms with Gasteiger partial charge in [-0.15, -0.1) is 0 Å². The second-order valence-electron chi connectivity index (χ2n) is 5.32. The molecule has 5 nitrogen and oxygen atoms in total. The molecule has 116 valence electrons. The summed E-state index contributed by atoms with van der Waals surface area (Å²) >= 11 is 0. The minimum atomic E-state index is -4.71. The number of nitrogens with two attached hydrogens (primary N) is 1. The molecular formula is C13H15F3N2O3. The van der Waals surface area contributed by atoms with E-state index in [4.69, 9.17) is 10.8 Å². The fourth-order valence-electron chi connectivity index (χ4n) is 1.61. The smallest absolute Gasteiger partial charge is 0.416 e. The Morgan fingerprint density at radius 2 is 1.81 bits per heavy atom. The van der Waals surface area contributed by atoms with Crippen molar-refractivity contribution in [3.05, 3.63) is 29.3 Å². The van der Waals surface area contributed by atoms with Crippen molar-refractivity contribution in [1.82, 2.24) is 0 Å². The number of amides is 1. The van der Waals surface area contributed by atoms with Gasteiger partial charge in [0.2, 0.25) is 5.91 Å². The van der Waals surface area contributed by atoms with Crippen molar-refractivity contribution in [3.63, 3.8) is 0 Å². The molecule has 0 radical (unpaired) electrons. The van der Waals surface area contributed by atoms with Crippen LogP contribution in [-0.2, 0) is 11.0 Å². The highest BCUT2D eigenvalue weighted by Crippen LogP contribution is 2.32. The zero-order valence-corrected chi connectivity index (χ0v) is 11.4. The molecule has 4 N–H and O–H groups in total. The normalized spacial score (nSPS) is 12.1. The van der Waals surface area contributed by atoms with Crippen molar-refractivity contribution in [1.29, 1.82) is 0 Å². The number of anilines is 1. The van der Waals surface area contributed by atoms with Crippen LogP contribution >= 0.6 is 0 Å². The third-order valence-electron chi connectivity index (χ3n) is 2.41. The molecule has 0 aliphatic rings. The van der Waals surface area contributed by atoms with Crippen LogP contribution in [0.5, 0.6) is 0 Å². The first-order valence-corrected chi connectivity index (χ1v) is 5.93. The molecule has 0 unspecified atom stereocenters. The maximum absolute atomic E-state index is 12.7. The summed E-state index contributed by atoms with van der Waals surface area (Å²) in [6.07, 6.45) is -4.83. The molecule has 1 amide bonds. The number of halogens is 3. The summed E-state index contributed by atoms with van der Waals surface area (Å²) in [5.41, 5.74) is 2.85. The van der Waals surface area contributed by atoms with Crippen molar-refractivity contribution >= 4 is 17.6 Å². The van der Waals surface area contributed by atoms with Gasteiger partial charge in [0, 0.05) is 17.6 Å². The number of hydrogen-bond donors (Lipinski definition) is 3. The molecule has 0 aromatic heterocycles. The monoisotopic (exact) mass is 304 g/mol.